The third kappa shape index (κ3) is 5.10. The number of hydrogen-bond acceptors (Lipinski definition) is 5. The van der Waals surface area contributed by atoms with Crippen molar-refractivity contribution in [1.29, 1.82) is 0 Å². The van der Waals surface area contributed by atoms with Crippen LogP contribution < -0.4 is 5.32 Å². The van der Waals surface area contributed by atoms with Crippen molar-refractivity contribution >= 4 is 29.0 Å². The summed E-state index contributed by atoms with van der Waals surface area (Å²) in [6, 6.07) is 10.2. The Labute approximate surface area is 139 Å². The molecule has 4 nitrogen and oxygen atoms in total. The molecule has 1 aromatic carbocycles. The van der Waals surface area contributed by atoms with Gasteiger partial charge in [-0.3, -0.25) is 4.79 Å². The fraction of sp³-hybridized carbons (Fsp3) is 0.438. The van der Waals surface area contributed by atoms with Crippen LogP contribution in [0.15, 0.2) is 30.3 Å². The summed E-state index contributed by atoms with van der Waals surface area (Å²) in [6.07, 6.45) is 0. The minimum absolute atomic E-state index is 0.0437. The fourth-order valence-corrected chi connectivity index (χ4v) is 3.40. The first-order valence-electron chi connectivity index (χ1n) is 7.31. The smallest absolute Gasteiger partial charge is 0.233 e. The summed E-state index contributed by atoms with van der Waals surface area (Å²) >= 11 is 3.20. The van der Waals surface area contributed by atoms with Gasteiger partial charge in [0.05, 0.1) is 11.8 Å². The number of nitrogens with one attached hydrogen (secondary N) is 1. The molecule has 2 aromatic rings. The van der Waals surface area contributed by atoms with Gasteiger partial charge >= 0.3 is 0 Å². The van der Waals surface area contributed by atoms with Crippen molar-refractivity contribution in [3.05, 3.63) is 45.9 Å². The van der Waals surface area contributed by atoms with Crippen molar-refractivity contribution in [2.75, 3.05) is 0 Å². The quantitative estimate of drug-likeness (QED) is 0.840. The highest BCUT2D eigenvalue weighted by Gasteiger charge is 2.14. The fourth-order valence-electron chi connectivity index (χ4n) is 1.75. The Morgan fingerprint density at radius 1 is 1.23 bits per heavy atom. The highest BCUT2D eigenvalue weighted by atomic mass is 32.2. The van der Waals surface area contributed by atoms with Crippen LogP contribution in [0.1, 0.15) is 42.3 Å². The van der Waals surface area contributed by atoms with Gasteiger partial charge < -0.3 is 5.32 Å². The Hall–Kier alpha value is -1.40. The molecule has 0 aliphatic carbocycles. The standard InChI is InChI=1S/C16H21N3OS2/c1-11(2)16-19-18-14(22-16)9-17-15(20)12(3)21-10-13-7-5-4-6-8-13/h4-8,11-12H,9-10H2,1-3H3,(H,17,20)/t12-/m0/s1. The second-order valence-corrected chi connectivity index (χ2v) is 7.77. The Morgan fingerprint density at radius 3 is 2.59 bits per heavy atom. The molecular formula is C16H21N3OS2. The Morgan fingerprint density at radius 2 is 1.95 bits per heavy atom. The zero-order chi connectivity index (χ0) is 15.9. The first-order chi connectivity index (χ1) is 10.6. The lowest BCUT2D eigenvalue weighted by Gasteiger charge is -2.11. The molecule has 0 radical (unpaired) electrons. The molecule has 0 spiro atoms. The maximum atomic E-state index is 12.1. The molecule has 22 heavy (non-hydrogen) atoms. The molecule has 1 amide bonds. The van der Waals surface area contributed by atoms with Crippen LogP contribution in [-0.2, 0) is 17.1 Å². The summed E-state index contributed by atoms with van der Waals surface area (Å²) in [5.41, 5.74) is 1.23. The van der Waals surface area contributed by atoms with Crippen molar-refractivity contribution in [1.82, 2.24) is 15.5 Å². The highest BCUT2D eigenvalue weighted by Crippen LogP contribution is 2.20. The van der Waals surface area contributed by atoms with Crippen LogP contribution in [0.25, 0.3) is 0 Å². The van der Waals surface area contributed by atoms with Gasteiger partial charge in [0, 0.05) is 11.7 Å². The van der Waals surface area contributed by atoms with E-state index in [0.29, 0.717) is 12.5 Å². The molecule has 1 aromatic heterocycles. The predicted molar refractivity (Wildman–Crippen MR) is 93.0 cm³/mol. The van der Waals surface area contributed by atoms with E-state index < -0.39 is 0 Å². The zero-order valence-corrected chi connectivity index (χ0v) is 14.7. The molecule has 118 valence electrons. The molecule has 1 atom stereocenters. The molecule has 1 N–H and O–H groups in total. The lowest BCUT2D eigenvalue weighted by atomic mass is 10.2. The highest BCUT2D eigenvalue weighted by molar-refractivity contribution is 7.99. The number of amides is 1. The van der Waals surface area contributed by atoms with E-state index >= 15 is 0 Å². The van der Waals surface area contributed by atoms with Gasteiger partial charge in [0.1, 0.15) is 10.0 Å². The van der Waals surface area contributed by atoms with Crippen molar-refractivity contribution in [2.45, 2.75) is 44.2 Å². The first kappa shape index (κ1) is 17.0. The summed E-state index contributed by atoms with van der Waals surface area (Å²) in [5.74, 6) is 1.26. The number of hydrogen-bond donors (Lipinski definition) is 1. The van der Waals surface area contributed by atoms with Gasteiger partial charge in [0.15, 0.2) is 0 Å². The van der Waals surface area contributed by atoms with E-state index in [1.54, 1.807) is 23.1 Å². The van der Waals surface area contributed by atoms with Gasteiger partial charge in [0.2, 0.25) is 5.91 Å². The maximum absolute atomic E-state index is 12.1. The number of benzene rings is 1. The summed E-state index contributed by atoms with van der Waals surface area (Å²) < 4.78 is 0. The Balaban J connectivity index is 1.76. The number of carbonyl (C=O) groups is 1. The topological polar surface area (TPSA) is 54.9 Å². The van der Waals surface area contributed by atoms with Crippen molar-refractivity contribution in [3.8, 4) is 0 Å². The molecule has 0 fully saturated rings. The van der Waals surface area contributed by atoms with E-state index in [0.717, 1.165) is 15.8 Å². The minimum Gasteiger partial charge on any atom is -0.349 e. The van der Waals surface area contributed by atoms with Crippen LogP contribution in [0.4, 0.5) is 0 Å². The lowest BCUT2D eigenvalue weighted by Crippen LogP contribution is -2.30. The van der Waals surface area contributed by atoms with E-state index in [-0.39, 0.29) is 11.2 Å². The van der Waals surface area contributed by atoms with Crippen LogP contribution in [0.5, 0.6) is 0 Å². The van der Waals surface area contributed by atoms with Gasteiger partial charge in [-0.15, -0.1) is 22.0 Å². The molecule has 0 bridgehead atoms. The van der Waals surface area contributed by atoms with Crippen LogP contribution in [0.3, 0.4) is 0 Å². The number of thioether (sulfide) groups is 1. The van der Waals surface area contributed by atoms with Crippen LogP contribution >= 0.6 is 23.1 Å². The van der Waals surface area contributed by atoms with Crippen LogP contribution in [0, 0.1) is 0 Å². The number of rotatable bonds is 7. The van der Waals surface area contributed by atoms with Gasteiger partial charge in [-0.1, -0.05) is 55.5 Å². The van der Waals surface area contributed by atoms with Crippen LogP contribution in [0.2, 0.25) is 0 Å². The van der Waals surface area contributed by atoms with Crippen molar-refractivity contribution < 1.29 is 4.79 Å². The molecule has 0 unspecified atom stereocenters. The van der Waals surface area contributed by atoms with E-state index in [1.807, 2.05) is 25.1 Å². The largest absolute Gasteiger partial charge is 0.349 e. The first-order valence-corrected chi connectivity index (χ1v) is 9.18. The summed E-state index contributed by atoms with van der Waals surface area (Å²) in [6.45, 7) is 6.57. The van der Waals surface area contributed by atoms with E-state index in [9.17, 15) is 4.79 Å². The molecule has 0 saturated heterocycles. The molecule has 1 heterocycles. The predicted octanol–water partition coefficient (Wildman–Crippen LogP) is 3.60. The summed E-state index contributed by atoms with van der Waals surface area (Å²) in [5, 5.41) is 13.0. The van der Waals surface area contributed by atoms with Gasteiger partial charge in [0.25, 0.3) is 0 Å². The molecule has 0 saturated carbocycles. The van der Waals surface area contributed by atoms with Gasteiger partial charge in [-0.25, -0.2) is 0 Å². The second kappa shape index (κ2) is 8.29. The third-order valence-electron chi connectivity index (χ3n) is 3.10. The zero-order valence-electron chi connectivity index (χ0n) is 13.1. The number of carbonyl (C=O) groups excluding carboxylic acids is 1. The second-order valence-electron chi connectivity index (χ2n) is 5.35. The average Bonchev–Trinajstić information content (AvgIpc) is 3.00. The molecule has 6 heteroatoms. The van der Waals surface area contributed by atoms with Crippen molar-refractivity contribution in [3.63, 3.8) is 0 Å². The Kier molecular flexibility index (Phi) is 6.39. The van der Waals surface area contributed by atoms with E-state index in [4.69, 9.17) is 0 Å². The summed E-state index contributed by atoms with van der Waals surface area (Å²) in [4.78, 5) is 12.1. The average molecular weight is 335 g/mol. The lowest BCUT2D eigenvalue weighted by molar-refractivity contribution is -0.120. The summed E-state index contributed by atoms with van der Waals surface area (Å²) in [7, 11) is 0. The van der Waals surface area contributed by atoms with Gasteiger partial charge in [-0.2, -0.15) is 0 Å². The minimum atomic E-state index is -0.0855. The Bertz CT molecular complexity index is 598. The normalized spacial score (nSPS) is 12.4. The van der Waals surface area contributed by atoms with Crippen molar-refractivity contribution in [2.24, 2.45) is 0 Å². The van der Waals surface area contributed by atoms with E-state index in [2.05, 4.69) is 41.5 Å². The molecular weight excluding hydrogens is 314 g/mol. The SMILES string of the molecule is CC(C)c1nnc(CNC(=O)[C@H](C)SCc2ccccc2)s1. The maximum Gasteiger partial charge on any atom is 0.233 e. The van der Waals surface area contributed by atoms with Gasteiger partial charge in [-0.05, 0) is 12.5 Å². The number of nitrogens with zero attached hydrogens (tertiary/aromatic N) is 2. The third-order valence-corrected chi connectivity index (χ3v) is 5.54. The monoisotopic (exact) mass is 335 g/mol. The molecule has 0 aliphatic rings. The van der Waals surface area contributed by atoms with E-state index in [1.165, 1.54) is 5.56 Å². The molecule has 0 aliphatic heterocycles. The van der Waals surface area contributed by atoms with Crippen LogP contribution in [-0.4, -0.2) is 21.4 Å². The molecule has 2 rings (SSSR count). The number of aromatic nitrogens is 2.